The average Bonchev–Trinajstić information content (AvgIpc) is 3.10. The van der Waals surface area contributed by atoms with Crippen LogP contribution in [-0.4, -0.2) is 44.3 Å². The molecule has 4 N–H and O–H groups in total. The summed E-state index contributed by atoms with van der Waals surface area (Å²) in [6.45, 7) is 2.60. The molecule has 1 aliphatic heterocycles. The first-order valence-electron chi connectivity index (χ1n) is 5.63. The van der Waals surface area contributed by atoms with Gasteiger partial charge in [0.15, 0.2) is 0 Å². The molecule has 1 saturated heterocycles. The van der Waals surface area contributed by atoms with E-state index in [2.05, 4.69) is 10.6 Å². The van der Waals surface area contributed by atoms with Crippen molar-refractivity contribution in [3.8, 4) is 0 Å². The van der Waals surface area contributed by atoms with Crippen molar-refractivity contribution in [3.05, 3.63) is 0 Å². The fraction of sp³-hybridized carbons (Fsp3) is 0.900. The molecule has 1 unspecified atom stereocenters. The highest BCUT2D eigenvalue weighted by Crippen LogP contribution is 2.31. The second kappa shape index (κ2) is 8.11. The predicted molar refractivity (Wildman–Crippen MR) is 70.8 cm³/mol. The lowest BCUT2D eigenvalue weighted by Crippen LogP contribution is -2.50. The summed E-state index contributed by atoms with van der Waals surface area (Å²) in [4.78, 5) is 11.6. The Bertz CT molecular complexity index is 234. The molecule has 0 bridgehead atoms. The van der Waals surface area contributed by atoms with E-state index in [-0.39, 0.29) is 42.9 Å². The Hall–Kier alpha value is -0.0700. The lowest BCUT2D eigenvalue weighted by Gasteiger charge is -2.23. The van der Waals surface area contributed by atoms with E-state index in [0.29, 0.717) is 25.6 Å². The highest BCUT2D eigenvalue weighted by atomic mass is 35.5. The van der Waals surface area contributed by atoms with E-state index in [4.69, 9.17) is 10.5 Å². The highest BCUT2D eigenvalue weighted by Gasteiger charge is 2.29. The van der Waals surface area contributed by atoms with E-state index in [1.807, 2.05) is 0 Å². The summed E-state index contributed by atoms with van der Waals surface area (Å²) in [5.74, 6) is 0.578. The van der Waals surface area contributed by atoms with Crippen molar-refractivity contribution in [3.63, 3.8) is 0 Å². The monoisotopic (exact) mass is 285 g/mol. The van der Waals surface area contributed by atoms with Gasteiger partial charge in [0, 0.05) is 25.7 Å². The molecule has 7 heteroatoms. The summed E-state index contributed by atoms with van der Waals surface area (Å²) in [7, 11) is 0. The topological polar surface area (TPSA) is 76.4 Å². The van der Waals surface area contributed by atoms with E-state index in [9.17, 15) is 4.79 Å². The average molecular weight is 286 g/mol. The van der Waals surface area contributed by atoms with Crippen LogP contribution in [-0.2, 0) is 9.53 Å². The molecule has 2 aliphatic rings. The van der Waals surface area contributed by atoms with E-state index in [1.54, 1.807) is 0 Å². The predicted octanol–water partition coefficient (Wildman–Crippen LogP) is -0.328. The maximum atomic E-state index is 11.6. The fourth-order valence-corrected chi connectivity index (χ4v) is 1.76. The minimum Gasteiger partial charge on any atom is -0.366 e. The normalized spacial score (nSPS) is 25.1. The summed E-state index contributed by atoms with van der Waals surface area (Å²) in [6, 6.07) is 0.116. The Balaban J connectivity index is 0.00000128. The number of carbonyl (C=O) groups excluding carboxylic acids is 1. The third-order valence-electron chi connectivity index (χ3n) is 2.96. The molecular formula is C10H21Cl2N3O2. The van der Waals surface area contributed by atoms with Gasteiger partial charge in [0.1, 0.15) is 6.10 Å². The fourth-order valence-electron chi connectivity index (χ4n) is 1.76. The summed E-state index contributed by atoms with van der Waals surface area (Å²) < 4.78 is 5.33. The second-order valence-electron chi connectivity index (χ2n) is 4.31. The first-order chi connectivity index (χ1) is 7.27. The number of amides is 1. The molecule has 17 heavy (non-hydrogen) atoms. The number of hydrogen-bond donors (Lipinski definition) is 3. The number of rotatable bonds is 4. The molecule has 5 nitrogen and oxygen atoms in total. The smallest absolute Gasteiger partial charge is 0.250 e. The van der Waals surface area contributed by atoms with Crippen LogP contribution in [0, 0.1) is 5.92 Å². The van der Waals surface area contributed by atoms with E-state index in [1.165, 1.54) is 12.8 Å². The van der Waals surface area contributed by atoms with Crippen molar-refractivity contribution in [2.24, 2.45) is 11.7 Å². The van der Waals surface area contributed by atoms with Gasteiger partial charge in [-0.3, -0.25) is 4.79 Å². The molecule has 1 saturated carbocycles. The quantitative estimate of drug-likeness (QED) is 0.661. The van der Waals surface area contributed by atoms with Gasteiger partial charge < -0.3 is 21.1 Å². The number of hydrogen-bond acceptors (Lipinski definition) is 4. The summed E-state index contributed by atoms with van der Waals surface area (Å²) in [5.41, 5.74) is 5.89. The second-order valence-corrected chi connectivity index (χ2v) is 4.31. The largest absolute Gasteiger partial charge is 0.366 e. The van der Waals surface area contributed by atoms with Crippen LogP contribution < -0.4 is 16.4 Å². The van der Waals surface area contributed by atoms with Gasteiger partial charge in [-0.1, -0.05) is 0 Å². The first kappa shape index (κ1) is 16.9. The molecule has 0 spiro atoms. The molecule has 2 rings (SSSR count). The van der Waals surface area contributed by atoms with Gasteiger partial charge >= 0.3 is 0 Å². The van der Waals surface area contributed by atoms with Crippen molar-refractivity contribution >= 4 is 30.7 Å². The minimum absolute atomic E-state index is 0. The lowest BCUT2D eigenvalue weighted by atomic mass is 10.2. The number of carbonyl (C=O) groups is 1. The van der Waals surface area contributed by atoms with Gasteiger partial charge in [-0.25, -0.2) is 0 Å². The van der Waals surface area contributed by atoms with Crippen LogP contribution in [0.3, 0.4) is 0 Å². The number of ether oxygens (including phenoxy) is 1. The maximum absolute atomic E-state index is 11.6. The third kappa shape index (κ3) is 5.40. The van der Waals surface area contributed by atoms with Crippen molar-refractivity contribution in [2.45, 2.75) is 25.0 Å². The van der Waals surface area contributed by atoms with Gasteiger partial charge in [0.2, 0.25) is 0 Å². The van der Waals surface area contributed by atoms with Crippen LogP contribution in [0.1, 0.15) is 12.8 Å². The Morgan fingerprint density at radius 3 is 2.71 bits per heavy atom. The molecule has 102 valence electrons. The molecule has 1 amide bonds. The zero-order valence-corrected chi connectivity index (χ0v) is 11.3. The van der Waals surface area contributed by atoms with Crippen LogP contribution in [0.2, 0.25) is 0 Å². The van der Waals surface area contributed by atoms with E-state index in [0.717, 1.165) is 6.54 Å². The standard InChI is InChI=1S/C10H19N3O2.2ClH/c11-8(7-1-2-7)5-13-10(14)9-6-12-3-4-15-9;;/h7-9,12H,1-6,11H2,(H,13,14);2*1H/t8?,9-;;/m1../s1. The first-order valence-corrected chi connectivity index (χ1v) is 5.63. The van der Waals surface area contributed by atoms with Gasteiger partial charge in [-0.2, -0.15) is 0 Å². The van der Waals surface area contributed by atoms with Crippen LogP contribution in [0.15, 0.2) is 0 Å². The van der Waals surface area contributed by atoms with Crippen molar-refractivity contribution in [1.29, 1.82) is 0 Å². The molecule has 1 aliphatic carbocycles. The zero-order chi connectivity index (χ0) is 10.7. The Morgan fingerprint density at radius 1 is 1.47 bits per heavy atom. The van der Waals surface area contributed by atoms with E-state index >= 15 is 0 Å². The van der Waals surface area contributed by atoms with Crippen LogP contribution >= 0.6 is 24.8 Å². The molecule has 1 heterocycles. The number of halogens is 2. The minimum atomic E-state index is -0.342. The van der Waals surface area contributed by atoms with Crippen LogP contribution in [0.4, 0.5) is 0 Å². The Labute approximate surface area is 114 Å². The molecule has 2 atom stereocenters. The third-order valence-corrected chi connectivity index (χ3v) is 2.96. The van der Waals surface area contributed by atoms with Gasteiger partial charge in [-0.15, -0.1) is 24.8 Å². The molecule has 0 aromatic rings. The molecule has 0 aromatic heterocycles. The van der Waals surface area contributed by atoms with Gasteiger partial charge in [0.05, 0.1) is 6.61 Å². The molecule has 0 aromatic carbocycles. The van der Waals surface area contributed by atoms with Gasteiger partial charge in [-0.05, 0) is 18.8 Å². The lowest BCUT2D eigenvalue weighted by molar-refractivity contribution is -0.134. The summed E-state index contributed by atoms with van der Waals surface area (Å²) in [6.07, 6.45) is 2.07. The highest BCUT2D eigenvalue weighted by molar-refractivity contribution is 5.85. The van der Waals surface area contributed by atoms with Crippen molar-refractivity contribution in [1.82, 2.24) is 10.6 Å². The van der Waals surface area contributed by atoms with Crippen molar-refractivity contribution < 1.29 is 9.53 Å². The SMILES string of the molecule is Cl.Cl.NC(CNC(=O)[C@H]1CNCCO1)C1CC1. The number of morpholine rings is 1. The summed E-state index contributed by atoms with van der Waals surface area (Å²) >= 11 is 0. The van der Waals surface area contributed by atoms with Crippen LogP contribution in [0.25, 0.3) is 0 Å². The number of nitrogens with one attached hydrogen (secondary N) is 2. The van der Waals surface area contributed by atoms with E-state index < -0.39 is 0 Å². The molecule has 0 radical (unpaired) electrons. The maximum Gasteiger partial charge on any atom is 0.250 e. The number of nitrogens with two attached hydrogens (primary N) is 1. The Morgan fingerprint density at radius 2 is 2.18 bits per heavy atom. The van der Waals surface area contributed by atoms with Gasteiger partial charge in [0.25, 0.3) is 5.91 Å². The summed E-state index contributed by atoms with van der Waals surface area (Å²) in [5, 5.41) is 5.97. The molecular weight excluding hydrogens is 265 g/mol. The zero-order valence-electron chi connectivity index (χ0n) is 9.69. The Kier molecular flexibility index (Phi) is 8.07. The van der Waals surface area contributed by atoms with Crippen LogP contribution in [0.5, 0.6) is 0 Å². The van der Waals surface area contributed by atoms with Crippen molar-refractivity contribution in [2.75, 3.05) is 26.2 Å². The molecule has 2 fully saturated rings.